The van der Waals surface area contributed by atoms with Crippen molar-refractivity contribution in [1.29, 1.82) is 0 Å². The molecule has 0 unspecified atom stereocenters. The van der Waals surface area contributed by atoms with Crippen LogP contribution in [0, 0.1) is 6.92 Å². The van der Waals surface area contributed by atoms with Crippen LogP contribution in [-0.2, 0) is 6.61 Å². The average molecular weight is 324 g/mol. The summed E-state index contributed by atoms with van der Waals surface area (Å²) in [6, 6.07) is 14.0. The number of hydrogen-bond donors (Lipinski definition) is 0. The van der Waals surface area contributed by atoms with Gasteiger partial charge in [0.25, 0.3) is 5.56 Å². The molecule has 0 atom stereocenters. The van der Waals surface area contributed by atoms with Gasteiger partial charge in [-0.2, -0.15) is 9.61 Å². The van der Waals surface area contributed by atoms with Gasteiger partial charge in [-0.05, 0) is 29.8 Å². The summed E-state index contributed by atoms with van der Waals surface area (Å²) in [5.41, 5.74) is 0.0815. The number of fused-ring (bicyclic) bond motifs is 2. The van der Waals surface area contributed by atoms with Crippen molar-refractivity contribution in [3.63, 3.8) is 0 Å². The van der Waals surface area contributed by atoms with Crippen molar-refractivity contribution in [2.24, 2.45) is 0 Å². The van der Waals surface area contributed by atoms with Crippen molar-refractivity contribution in [2.45, 2.75) is 13.5 Å². The molecule has 0 amide bonds. The summed E-state index contributed by atoms with van der Waals surface area (Å²) in [6.07, 6.45) is 0. The number of aromatic nitrogens is 4. The number of rotatable bonds is 3. The molecule has 0 saturated carbocycles. The van der Waals surface area contributed by atoms with E-state index >= 15 is 0 Å². The molecule has 0 spiro atoms. The highest BCUT2D eigenvalue weighted by Crippen LogP contribution is 2.22. The summed E-state index contributed by atoms with van der Waals surface area (Å²) >= 11 is 1.30. The van der Waals surface area contributed by atoms with Gasteiger partial charge < -0.3 is 4.74 Å². The minimum Gasteiger partial charge on any atom is -0.486 e. The summed E-state index contributed by atoms with van der Waals surface area (Å²) in [5.74, 6) is 0.762. The molecule has 0 N–H and O–H groups in total. The molecule has 0 aliphatic heterocycles. The van der Waals surface area contributed by atoms with E-state index in [9.17, 15) is 4.79 Å². The van der Waals surface area contributed by atoms with E-state index in [1.54, 1.807) is 6.92 Å². The number of nitrogens with zero attached hydrogens (tertiary/aromatic N) is 4. The highest BCUT2D eigenvalue weighted by molar-refractivity contribution is 7.16. The van der Waals surface area contributed by atoms with Crippen LogP contribution in [0.25, 0.3) is 15.7 Å². The Bertz CT molecular complexity index is 1070. The molecule has 0 aliphatic carbocycles. The van der Waals surface area contributed by atoms with Crippen LogP contribution in [0.4, 0.5) is 0 Å². The zero-order valence-electron chi connectivity index (χ0n) is 12.3. The topological polar surface area (TPSA) is 69.4 Å². The third-order valence-corrected chi connectivity index (χ3v) is 4.34. The Labute approximate surface area is 135 Å². The standard InChI is InChI=1S/C16H12N4O2S/c1-10-15(21)20-16(18-17-10)23-14(19-20)9-22-13-7-6-11-4-2-3-5-12(11)8-13/h2-8H,9H2,1H3. The normalized spacial score (nSPS) is 11.2. The molecule has 0 saturated heterocycles. The third-order valence-electron chi connectivity index (χ3n) is 3.47. The van der Waals surface area contributed by atoms with E-state index in [0.29, 0.717) is 15.7 Å². The van der Waals surface area contributed by atoms with Gasteiger partial charge in [0.15, 0.2) is 5.01 Å². The molecule has 0 fully saturated rings. The van der Waals surface area contributed by atoms with Gasteiger partial charge in [-0.1, -0.05) is 41.7 Å². The number of ether oxygens (including phenoxy) is 1. The molecule has 2 aromatic carbocycles. The van der Waals surface area contributed by atoms with Gasteiger partial charge in [-0.25, -0.2) is 0 Å². The molecule has 23 heavy (non-hydrogen) atoms. The fourth-order valence-electron chi connectivity index (χ4n) is 2.29. The highest BCUT2D eigenvalue weighted by Gasteiger charge is 2.10. The van der Waals surface area contributed by atoms with Crippen molar-refractivity contribution >= 4 is 27.1 Å². The fourth-order valence-corrected chi connectivity index (χ4v) is 3.04. The van der Waals surface area contributed by atoms with Crippen molar-refractivity contribution in [3.05, 3.63) is 63.5 Å². The van der Waals surface area contributed by atoms with Crippen molar-refractivity contribution < 1.29 is 4.74 Å². The first-order valence-corrected chi connectivity index (χ1v) is 7.86. The second-order valence-electron chi connectivity index (χ2n) is 5.08. The molecular formula is C16H12N4O2S. The minimum atomic E-state index is -0.247. The Kier molecular flexibility index (Phi) is 3.27. The monoisotopic (exact) mass is 324 g/mol. The Morgan fingerprint density at radius 1 is 1.13 bits per heavy atom. The van der Waals surface area contributed by atoms with Crippen LogP contribution >= 0.6 is 11.3 Å². The van der Waals surface area contributed by atoms with Crippen LogP contribution < -0.4 is 10.3 Å². The lowest BCUT2D eigenvalue weighted by atomic mass is 10.1. The molecule has 0 bridgehead atoms. The third kappa shape index (κ3) is 2.55. The minimum absolute atomic E-state index is 0.247. The zero-order valence-corrected chi connectivity index (χ0v) is 13.1. The predicted octanol–water partition coefficient (Wildman–Crippen LogP) is 2.59. The lowest BCUT2D eigenvalue weighted by molar-refractivity contribution is 0.304. The fraction of sp³-hybridized carbons (Fsp3) is 0.125. The Morgan fingerprint density at radius 2 is 1.96 bits per heavy atom. The van der Waals surface area contributed by atoms with Crippen molar-refractivity contribution in [1.82, 2.24) is 19.8 Å². The maximum Gasteiger partial charge on any atom is 0.296 e. The van der Waals surface area contributed by atoms with Gasteiger partial charge >= 0.3 is 0 Å². The van der Waals surface area contributed by atoms with E-state index in [1.807, 2.05) is 36.4 Å². The quantitative estimate of drug-likeness (QED) is 0.579. The van der Waals surface area contributed by atoms with Crippen molar-refractivity contribution in [2.75, 3.05) is 0 Å². The maximum atomic E-state index is 11.9. The first-order valence-electron chi connectivity index (χ1n) is 7.04. The van der Waals surface area contributed by atoms with Gasteiger partial charge in [0, 0.05) is 0 Å². The SMILES string of the molecule is Cc1nnc2sc(COc3ccc4ccccc4c3)nn2c1=O. The first-order chi connectivity index (χ1) is 11.2. The zero-order chi connectivity index (χ0) is 15.8. The largest absolute Gasteiger partial charge is 0.486 e. The van der Waals surface area contributed by atoms with E-state index in [0.717, 1.165) is 16.5 Å². The number of hydrogen-bond acceptors (Lipinski definition) is 6. The summed E-state index contributed by atoms with van der Waals surface area (Å²) in [7, 11) is 0. The van der Waals surface area contributed by atoms with Gasteiger partial charge in [0.05, 0.1) is 0 Å². The van der Waals surface area contributed by atoms with E-state index < -0.39 is 0 Å². The average Bonchev–Trinajstić information content (AvgIpc) is 3.00. The van der Waals surface area contributed by atoms with E-state index in [1.165, 1.54) is 15.9 Å². The van der Waals surface area contributed by atoms with E-state index in [2.05, 4.69) is 21.4 Å². The Hall–Kier alpha value is -2.80. The Morgan fingerprint density at radius 3 is 2.83 bits per heavy atom. The molecule has 2 aromatic heterocycles. The van der Waals surface area contributed by atoms with Gasteiger partial charge in [0.1, 0.15) is 18.1 Å². The number of benzene rings is 2. The van der Waals surface area contributed by atoms with Crippen LogP contribution in [-0.4, -0.2) is 19.8 Å². The van der Waals surface area contributed by atoms with Gasteiger partial charge in [0.2, 0.25) is 4.96 Å². The van der Waals surface area contributed by atoms with Crippen LogP contribution in [0.5, 0.6) is 5.75 Å². The smallest absolute Gasteiger partial charge is 0.296 e. The maximum absolute atomic E-state index is 11.9. The van der Waals surface area contributed by atoms with Gasteiger partial charge in [-0.15, -0.1) is 10.2 Å². The summed E-state index contributed by atoms with van der Waals surface area (Å²) in [6.45, 7) is 1.90. The van der Waals surface area contributed by atoms with Crippen LogP contribution in [0.2, 0.25) is 0 Å². The first kappa shape index (κ1) is 13.8. The molecule has 6 nitrogen and oxygen atoms in total. The lowest BCUT2D eigenvalue weighted by Crippen LogP contribution is -2.19. The molecule has 4 aromatic rings. The van der Waals surface area contributed by atoms with E-state index in [4.69, 9.17) is 4.74 Å². The highest BCUT2D eigenvalue weighted by atomic mass is 32.1. The Balaban J connectivity index is 1.60. The molecule has 2 heterocycles. The summed E-state index contributed by atoms with van der Waals surface area (Å²) in [5, 5.41) is 15.0. The van der Waals surface area contributed by atoms with Crippen LogP contribution in [0.3, 0.4) is 0 Å². The predicted molar refractivity (Wildman–Crippen MR) is 87.9 cm³/mol. The second kappa shape index (κ2) is 5.44. The lowest BCUT2D eigenvalue weighted by Gasteiger charge is -2.05. The summed E-state index contributed by atoms with van der Waals surface area (Å²) in [4.78, 5) is 12.4. The number of aryl methyl sites for hydroxylation is 1. The molecule has 4 rings (SSSR count). The molecular weight excluding hydrogens is 312 g/mol. The molecule has 0 radical (unpaired) electrons. The molecule has 114 valence electrons. The van der Waals surface area contributed by atoms with Crippen LogP contribution in [0.15, 0.2) is 47.3 Å². The van der Waals surface area contributed by atoms with Gasteiger partial charge in [-0.3, -0.25) is 4.79 Å². The molecule has 7 heteroatoms. The van der Waals surface area contributed by atoms with Crippen LogP contribution in [0.1, 0.15) is 10.7 Å². The molecule has 0 aliphatic rings. The van der Waals surface area contributed by atoms with Crippen molar-refractivity contribution in [3.8, 4) is 5.75 Å². The van der Waals surface area contributed by atoms with E-state index in [-0.39, 0.29) is 12.2 Å². The second-order valence-corrected chi connectivity index (χ2v) is 6.12. The summed E-state index contributed by atoms with van der Waals surface area (Å²) < 4.78 is 7.05.